The van der Waals surface area contributed by atoms with Crippen molar-refractivity contribution in [3.63, 3.8) is 0 Å². The van der Waals surface area contributed by atoms with Crippen LogP contribution in [0, 0.1) is 11.0 Å². The molecule has 0 atom stereocenters. The van der Waals surface area contributed by atoms with Gasteiger partial charge in [-0.2, -0.15) is 0 Å². The SMILES string of the molecule is CC(C)(O)COc1cc(F)ccc1[NH2+][O-]. The Morgan fingerprint density at radius 2 is 2.20 bits per heavy atom. The van der Waals surface area contributed by atoms with Crippen LogP contribution >= 0.6 is 0 Å². The van der Waals surface area contributed by atoms with Crippen LogP contribution in [0.25, 0.3) is 0 Å². The minimum Gasteiger partial charge on any atom is -0.630 e. The van der Waals surface area contributed by atoms with E-state index in [2.05, 4.69) is 0 Å². The molecule has 4 nitrogen and oxygen atoms in total. The van der Waals surface area contributed by atoms with E-state index >= 15 is 0 Å². The van der Waals surface area contributed by atoms with Gasteiger partial charge in [-0.1, -0.05) is 0 Å². The summed E-state index contributed by atoms with van der Waals surface area (Å²) >= 11 is 0. The van der Waals surface area contributed by atoms with Crippen LogP contribution in [0.1, 0.15) is 13.8 Å². The number of aliphatic hydroxyl groups is 1. The molecule has 1 rings (SSSR count). The number of hydrogen-bond donors (Lipinski definition) is 2. The molecule has 0 saturated carbocycles. The molecule has 0 aliphatic carbocycles. The Morgan fingerprint density at radius 3 is 2.73 bits per heavy atom. The summed E-state index contributed by atoms with van der Waals surface area (Å²) in [7, 11) is 0. The smallest absolute Gasteiger partial charge is 0.183 e. The maximum atomic E-state index is 12.8. The molecule has 0 radical (unpaired) electrons. The lowest BCUT2D eigenvalue weighted by Crippen LogP contribution is -2.70. The van der Waals surface area contributed by atoms with Crippen molar-refractivity contribution in [2.24, 2.45) is 0 Å². The fraction of sp³-hybridized carbons (Fsp3) is 0.400. The molecular weight excluding hydrogens is 201 g/mol. The first-order valence-electron chi connectivity index (χ1n) is 4.52. The molecule has 0 amide bonds. The van der Waals surface area contributed by atoms with E-state index in [0.29, 0.717) is 5.48 Å². The lowest BCUT2D eigenvalue weighted by atomic mass is 10.2. The van der Waals surface area contributed by atoms with Crippen molar-refractivity contribution in [2.75, 3.05) is 6.61 Å². The fourth-order valence-corrected chi connectivity index (χ4v) is 0.985. The van der Waals surface area contributed by atoms with E-state index in [1.807, 2.05) is 0 Å². The second-order valence-electron chi connectivity index (χ2n) is 3.90. The molecule has 0 aliphatic heterocycles. The van der Waals surface area contributed by atoms with Crippen molar-refractivity contribution < 1.29 is 19.7 Å². The van der Waals surface area contributed by atoms with Gasteiger partial charge in [0, 0.05) is 12.1 Å². The number of hydrogen-bond acceptors (Lipinski definition) is 3. The van der Waals surface area contributed by atoms with Gasteiger partial charge in [0.1, 0.15) is 12.4 Å². The van der Waals surface area contributed by atoms with Crippen LogP contribution in [0.2, 0.25) is 0 Å². The molecule has 0 heterocycles. The zero-order valence-electron chi connectivity index (χ0n) is 8.66. The molecule has 3 N–H and O–H groups in total. The number of halogens is 1. The Kier molecular flexibility index (Phi) is 3.62. The maximum Gasteiger partial charge on any atom is 0.183 e. The highest BCUT2D eigenvalue weighted by Gasteiger charge is 2.15. The van der Waals surface area contributed by atoms with Gasteiger partial charge >= 0.3 is 0 Å². The second kappa shape index (κ2) is 4.57. The zero-order chi connectivity index (χ0) is 11.5. The van der Waals surface area contributed by atoms with Gasteiger partial charge in [0.05, 0.1) is 5.60 Å². The molecular formula is C10H14FNO3. The molecule has 0 fully saturated rings. The van der Waals surface area contributed by atoms with Gasteiger partial charge in [0.2, 0.25) is 0 Å². The van der Waals surface area contributed by atoms with Crippen LogP contribution in [0.5, 0.6) is 5.75 Å². The summed E-state index contributed by atoms with van der Waals surface area (Å²) in [4.78, 5) is 0. The van der Waals surface area contributed by atoms with Gasteiger partial charge in [0.15, 0.2) is 11.4 Å². The van der Waals surface area contributed by atoms with E-state index < -0.39 is 11.4 Å². The Hall–Kier alpha value is -1.17. The summed E-state index contributed by atoms with van der Waals surface area (Å²) in [6, 6.07) is 3.64. The highest BCUT2D eigenvalue weighted by molar-refractivity contribution is 5.45. The monoisotopic (exact) mass is 215 g/mol. The van der Waals surface area contributed by atoms with Gasteiger partial charge in [-0.05, 0) is 19.9 Å². The number of benzene rings is 1. The zero-order valence-corrected chi connectivity index (χ0v) is 8.66. The summed E-state index contributed by atoms with van der Waals surface area (Å²) in [5.41, 5.74) is -0.174. The maximum absolute atomic E-state index is 12.8. The molecule has 0 aliphatic rings. The van der Waals surface area contributed by atoms with E-state index in [1.165, 1.54) is 12.1 Å². The Bertz CT molecular complexity index is 336. The lowest BCUT2D eigenvalue weighted by molar-refractivity contribution is -0.497. The van der Waals surface area contributed by atoms with Crippen LogP contribution in [0.3, 0.4) is 0 Å². The molecule has 0 saturated heterocycles. The average Bonchev–Trinajstić information content (AvgIpc) is 2.14. The van der Waals surface area contributed by atoms with Crippen molar-refractivity contribution in [2.45, 2.75) is 19.4 Å². The minimum atomic E-state index is -1.02. The number of ether oxygens (including phenoxy) is 1. The second-order valence-corrected chi connectivity index (χ2v) is 3.90. The van der Waals surface area contributed by atoms with Crippen molar-refractivity contribution in [1.82, 2.24) is 0 Å². The molecule has 15 heavy (non-hydrogen) atoms. The van der Waals surface area contributed by atoms with E-state index in [1.54, 1.807) is 13.8 Å². The van der Waals surface area contributed by atoms with Crippen LogP contribution < -0.4 is 10.2 Å². The van der Waals surface area contributed by atoms with E-state index in [0.717, 1.165) is 6.07 Å². The molecule has 84 valence electrons. The van der Waals surface area contributed by atoms with Crippen LogP contribution in [-0.4, -0.2) is 17.3 Å². The predicted octanol–water partition coefficient (Wildman–Crippen LogP) is 0.668. The van der Waals surface area contributed by atoms with E-state index in [9.17, 15) is 14.7 Å². The molecule has 0 spiro atoms. The third kappa shape index (κ3) is 3.83. The van der Waals surface area contributed by atoms with E-state index in [-0.39, 0.29) is 18.0 Å². The summed E-state index contributed by atoms with van der Waals surface area (Å²) in [6.45, 7) is 3.12. The Morgan fingerprint density at radius 1 is 1.53 bits per heavy atom. The normalized spacial score (nSPS) is 11.5. The first-order valence-corrected chi connectivity index (χ1v) is 4.52. The van der Waals surface area contributed by atoms with Crippen LogP contribution in [-0.2, 0) is 0 Å². The molecule has 0 bridgehead atoms. The lowest BCUT2D eigenvalue weighted by Gasteiger charge is -2.18. The van der Waals surface area contributed by atoms with Gasteiger partial charge in [-0.3, -0.25) is 0 Å². The third-order valence-electron chi connectivity index (χ3n) is 1.68. The quantitative estimate of drug-likeness (QED) is 0.573. The standard InChI is InChI=1S/C10H14FNO3/c1-10(2,13)6-15-9-5-7(11)3-4-8(9)12-14/h3-5,13H,6,12H2,1-2H3. The first-order chi connectivity index (χ1) is 6.92. The largest absolute Gasteiger partial charge is 0.630 e. The number of quaternary nitrogens is 1. The number of nitrogens with two attached hydrogens (primary N) is 1. The van der Waals surface area contributed by atoms with Gasteiger partial charge in [-0.25, -0.2) is 4.39 Å². The van der Waals surface area contributed by atoms with Crippen molar-refractivity contribution in [3.05, 3.63) is 29.2 Å². The summed E-state index contributed by atoms with van der Waals surface area (Å²) in [5.74, 6) is -0.335. The Labute approximate surface area is 87.3 Å². The summed E-state index contributed by atoms with van der Waals surface area (Å²) in [6.07, 6.45) is 0. The summed E-state index contributed by atoms with van der Waals surface area (Å²) < 4.78 is 18.0. The van der Waals surface area contributed by atoms with Crippen LogP contribution in [0.4, 0.5) is 10.1 Å². The van der Waals surface area contributed by atoms with Gasteiger partial charge < -0.3 is 20.5 Å². The Balaban J connectivity index is 2.79. The molecule has 1 aromatic carbocycles. The molecule has 1 aromatic rings. The topological polar surface area (TPSA) is 69.1 Å². The number of rotatable bonds is 4. The van der Waals surface area contributed by atoms with Crippen molar-refractivity contribution in [3.8, 4) is 5.75 Å². The molecule has 0 aromatic heterocycles. The highest BCUT2D eigenvalue weighted by Crippen LogP contribution is 2.22. The van der Waals surface area contributed by atoms with Crippen molar-refractivity contribution >= 4 is 5.69 Å². The predicted molar refractivity (Wildman–Crippen MR) is 53.1 cm³/mol. The van der Waals surface area contributed by atoms with Gasteiger partial charge in [-0.15, -0.1) is 0 Å². The average molecular weight is 215 g/mol. The highest BCUT2D eigenvalue weighted by atomic mass is 19.1. The first kappa shape index (κ1) is 11.9. The minimum absolute atomic E-state index is 0.00269. The van der Waals surface area contributed by atoms with Gasteiger partial charge in [0.25, 0.3) is 0 Å². The van der Waals surface area contributed by atoms with E-state index in [4.69, 9.17) is 4.74 Å². The third-order valence-corrected chi connectivity index (χ3v) is 1.68. The summed E-state index contributed by atoms with van der Waals surface area (Å²) in [5, 5.41) is 20.0. The van der Waals surface area contributed by atoms with Crippen molar-refractivity contribution in [1.29, 1.82) is 0 Å². The fourth-order valence-electron chi connectivity index (χ4n) is 0.985. The molecule has 0 unspecified atom stereocenters. The van der Waals surface area contributed by atoms with Crippen LogP contribution in [0.15, 0.2) is 18.2 Å². The molecule has 5 heteroatoms.